The molecule has 1 fully saturated rings. The van der Waals surface area contributed by atoms with Gasteiger partial charge >= 0.3 is 5.97 Å². The van der Waals surface area contributed by atoms with Crippen molar-refractivity contribution in [1.29, 1.82) is 0 Å². The van der Waals surface area contributed by atoms with E-state index in [-0.39, 0.29) is 12.8 Å². The van der Waals surface area contributed by atoms with Crippen LogP contribution in [0.4, 0.5) is 0 Å². The fraction of sp³-hybridized carbons (Fsp3) is 0.267. The molecule has 0 radical (unpaired) electrons. The van der Waals surface area contributed by atoms with Crippen LogP contribution in [0.5, 0.6) is 5.75 Å². The van der Waals surface area contributed by atoms with E-state index in [4.69, 9.17) is 9.57 Å². The topological polar surface area (TPSA) is 72.9 Å². The highest BCUT2D eigenvalue weighted by molar-refractivity contribution is 9.10. The van der Waals surface area contributed by atoms with E-state index in [2.05, 4.69) is 15.9 Å². The summed E-state index contributed by atoms with van der Waals surface area (Å²) in [6.07, 6.45) is 2.78. The lowest BCUT2D eigenvalue weighted by molar-refractivity contribution is -0.193. The molecule has 0 atom stereocenters. The van der Waals surface area contributed by atoms with Crippen LogP contribution in [0.1, 0.15) is 25.3 Å². The molecule has 22 heavy (non-hydrogen) atoms. The summed E-state index contributed by atoms with van der Waals surface area (Å²) < 4.78 is 6.28. The molecule has 0 N–H and O–H groups in total. The molecule has 0 saturated carbocycles. The first kappa shape index (κ1) is 16.2. The Kier molecular flexibility index (Phi) is 5.32. The van der Waals surface area contributed by atoms with Crippen molar-refractivity contribution in [3.63, 3.8) is 0 Å². The minimum atomic E-state index is -0.800. The fourth-order valence-corrected chi connectivity index (χ4v) is 2.25. The number of halogens is 1. The maximum Gasteiger partial charge on any atom is 0.356 e. The van der Waals surface area contributed by atoms with E-state index in [1.54, 1.807) is 12.1 Å². The largest absolute Gasteiger partial charge is 0.493 e. The molecule has 1 aromatic carbocycles. The van der Waals surface area contributed by atoms with Crippen molar-refractivity contribution in [1.82, 2.24) is 5.06 Å². The number of rotatable bonds is 5. The highest BCUT2D eigenvalue weighted by Gasteiger charge is 2.32. The molecular weight excluding hydrogens is 354 g/mol. The maximum atomic E-state index is 11.7. The van der Waals surface area contributed by atoms with E-state index in [0.29, 0.717) is 23.0 Å². The third-order valence-electron chi connectivity index (χ3n) is 2.86. The average Bonchev–Trinajstić information content (AvgIpc) is 2.79. The molecule has 6 nitrogen and oxygen atoms in total. The summed E-state index contributed by atoms with van der Waals surface area (Å²) in [5.74, 6) is -1.21. The van der Waals surface area contributed by atoms with E-state index in [9.17, 15) is 14.4 Å². The van der Waals surface area contributed by atoms with Crippen LogP contribution in [0.15, 0.2) is 28.7 Å². The second-order valence-corrected chi connectivity index (χ2v) is 5.36. The number of hydrogen-bond acceptors (Lipinski definition) is 5. The summed E-state index contributed by atoms with van der Waals surface area (Å²) in [6, 6.07) is 5.37. The van der Waals surface area contributed by atoms with Gasteiger partial charge in [0.05, 0.1) is 6.61 Å². The Morgan fingerprint density at radius 1 is 1.32 bits per heavy atom. The number of hydroxylamine groups is 2. The van der Waals surface area contributed by atoms with Crippen molar-refractivity contribution in [3.05, 3.63) is 34.3 Å². The summed E-state index contributed by atoms with van der Waals surface area (Å²) in [5, 5.41) is 0.511. The van der Waals surface area contributed by atoms with E-state index >= 15 is 0 Å². The Hall–Kier alpha value is -2.15. The van der Waals surface area contributed by atoms with Crippen LogP contribution in [0.2, 0.25) is 0 Å². The Morgan fingerprint density at radius 2 is 2.00 bits per heavy atom. The molecule has 2 rings (SSSR count). The van der Waals surface area contributed by atoms with Crippen LogP contribution in [0.3, 0.4) is 0 Å². The number of imide groups is 1. The molecule has 2 amide bonds. The monoisotopic (exact) mass is 367 g/mol. The molecule has 0 aliphatic carbocycles. The van der Waals surface area contributed by atoms with E-state index in [1.165, 1.54) is 6.08 Å². The normalized spacial score (nSPS) is 14.7. The second-order valence-electron chi connectivity index (χ2n) is 4.44. The van der Waals surface area contributed by atoms with Crippen LogP contribution >= 0.6 is 15.9 Å². The molecule has 1 aliphatic rings. The van der Waals surface area contributed by atoms with Crippen LogP contribution in [0.25, 0.3) is 6.08 Å². The Balaban J connectivity index is 2.08. The summed E-state index contributed by atoms with van der Waals surface area (Å²) >= 11 is 3.34. The van der Waals surface area contributed by atoms with Crippen molar-refractivity contribution >= 4 is 39.8 Å². The molecule has 1 heterocycles. The quantitative estimate of drug-likeness (QED) is 0.590. The van der Waals surface area contributed by atoms with Crippen molar-refractivity contribution < 1.29 is 24.0 Å². The third-order valence-corrected chi connectivity index (χ3v) is 3.35. The van der Waals surface area contributed by atoms with Crippen LogP contribution in [0, 0.1) is 0 Å². The average molecular weight is 368 g/mol. The number of carbonyl (C=O) groups excluding carboxylic acids is 3. The van der Waals surface area contributed by atoms with Gasteiger partial charge in [-0.3, -0.25) is 9.59 Å². The SMILES string of the molecule is CCOc1ccc(Br)cc1/C=C/C(=O)ON1C(=O)CCC1=O. The standard InChI is InChI=1S/C15H14BrNO5/c1-2-21-12-5-4-11(16)9-10(12)3-8-15(20)22-17-13(18)6-7-14(17)19/h3-5,8-9H,2,6-7H2,1H3/b8-3+. The van der Waals surface area contributed by atoms with E-state index in [0.717, 1.165) is 10.5 Å². The number of amides is 2. The number of benzene rings is 1. The summed E-state index contributed by atoms with van der Waals surface area (Å²) in [5.41, 5.74) is 0.673. The zero-order valence-electron chi connectivity index (χ0n) is 11.9. The zero-order chi connectivity index (χ0) is 16.1. The molecule has 0 unspecified atom stereocenters. The van der Waals surface area contributed by atoms with Crippen LogP contribution < -0.4 is 4.74 Å². The van der Waals surface area contributed by atoms with Gasteiger partial charge in [0.2, 0.25) is 0 Å². The smallest absolute Gasteiger partial charge is 0.356 e. The van der Waals surface area contributed by atoms with Gasteiger partial charge in [0, 0.05) is 29.0 Å². The predicted molar refractivity (Wildman–Crippen MR) is 81.5 cm³/mol. The molecule has 1 aliphatic heterocycles. The first-order chi connectivity index (χ1) is 10.5. The predicted octanol–water partition coefficient (Wildman–Crippen LogP) is 2.47. The van der Waals surface area contributed by atoms with Gasteiger partial charge in [-0.2, -0.15) is 0 Å². The molecule has 1 saturated heterocycles. The molecule has 7 heteroatoms. The lowest BCUT2D eigenvalue weighted by Gasteiger charge is -2.11. The first-order valence-corrected chi connectivity index (χ1v) is 7.48. The van der Waals surface area contributed by atoms with Gasteiger partial charge in [-0.25, -0.2) is 4.79 Å². The van der Waals surface area contributed by atoms with Gasteiger partial charge in [-0.15, -0.1) is 5.06 Å². The van der Waals surface area contributed by atoms with Gasteiger partial charge < -0.3 is 9.57 Å². The van der Waals surface area contributed by atoms with Crippen molar-refractivity contribution in [2.24, 2.45) is 0 Å². The van der Waals surface area contributed by atoms with Crippen molar-refractivity contribution in [2.75, 3.05) is 6.61 Å². The van der Waals surface area contributed by atoms with Crippen LogP contribution in [-0.4, -0.2) is 29.5 Å². The van der Waals surface area contributed by atoms with Crippen LogP contribution in [-0.2, 0) is 19.2 Å². The molecule has 116 valence electrons. The minimum absolute atomic E-state index is 0.0654. The van der Waals surface area contributed by atoms with Gasteiger partial charge in [-0.1, -0.05) is 15.9 Å². The fourth-order valence-electron chi connectivity index (χ4n) is 1.87. The van der Waals surface area contributed by atoms with Crippen molar-refractivity contribution in [3.8, 4) is 5.75 Å². The number of ether oxygens (including phenoxy) is 1. The number of nitrogens with zero attached hydrogens (tertiary/aromatic N) is 1. The number of carbonyl (C=O) groups is 3. The molecule has 0 aromatic heterocycles. The minimum Gasteiger partial charge on any atom is -0.493 e. The molecule has 0 spiro atoms. The van der Waals surface area contributed by atoms with E-state index < -0.39 is 17.8 Å². The summed E-state index contributed by atoms with van der Waals surface area (Å²) in [4.78, 5) is 39.2. The molecule has 1 aromatic rings. The van der Waals surface area contributed by atoms with Gasteiger partial charge in [0.1, 0.15) is 5.75 Å². The summed E-state index contributed by atoms with van der Waals surface area (Å²) in [6.45, 7) is 2.35. The Bertz CT molecular complexity index is 625. The lowest BCUT2D eigenvalue weighted by atomic mass is 10.2. The van der Waals surface area contributed by atoms with E-state index in [1.807, 2.05) is 13.0 Å². The zero-order valence-corrected chi connectivity index (χ0v) is 13.5. The van der Waals surface area contributed by atoms with Crippen molar-refractivity contribution in [2.45, 2.75) is 19.8 Å². The van der Waals surface area contributed by atoms with Gasteiger partial charge in [0.15, 0.2) is 0 Å². The highest BCUT2D eigenvalue weighted by atomic mass is 79.9. The molecular formula is C15H14BrNO5. The maximum absolute atomic E-state index is 11.7. The van der Waals surface area contributed by atoms with Gasteiger partial charge in [0.25, 0.3) is 11.8 Å². The Morgan fingerprint density at radius 3 is 2.64 bits per heavy atom. The Labute approximate surface area is 135 Å². The third kappa shape index (κ3) is 3.94. The second kappa shape index (κ2) is 7.22. The molecule has 0 bridgehead atoms. The summed E-state index contributed by atoms with van der Waals surface area (Å²) in [7, 11) is 0. The van der Waals surface area contributed by atoms with Gasteiger partial charge in [-0.05, 0) is 31.2 Å². The number of hydrogen-bond donors (Lipinski definition) is 0. The first-order valence-electron chi connectivity index (χ1n) is 6.69. The lowest BCUT2D eigenvalue weighted by Crippen LogP contribution is -2.31. The highest BCUT2D eigenvalue weighted by Crippen LogP contribution is 2.24.